The molecular formula is C12H18BrNS. The molecule has 0 bridgehead atoms. The van der Waals surface area contributed by atoms with E-state index in [-0.39, 0.29) is 0 Å². The van der Waals surface area contributed by atoms with E-state index in [0.29, 0.717) is 6.04 Å². The summed E-state index contributed by atoms with van der Waals surface area (Å²) in [6.07, 6.45) is 3.30. The van der Waals surface area contributed by atoms with Crippen molar-refractivity contribution in [2.24, 2.45) is 0 Å². The van der Waals surface area contributed by atoms with Gasteiger partial charge >= 0.3 is 0 Å². The van der Waals surface area contributed by atoms with E-state index in [1.54, 1.807) is 11.8 Å². The number of halogens is 1. The molecule has 1 atom stereocenters. The molecule has 1 aromatic rings. The third-order valence-corrected chi connectivity index (χ3v) is 3.66. The topological polar surface area (TPSA) is 12.0 Å². The van der Waals surface area contributed by atoms with Crippen LogP contribution in [0.1, 0.15) is 31.9 Å². The second-order valence-electron chi connectivity index (χ2n) is 3.56. The van der Waals surface area contributed by atoms with Gasteiger partial charge in [-0.05, 0) is 49.9 Å². The van der Waals surface area contributed by atoms with Crippen molar-refractivity contribution in [3.05, 3.63) is 28.2 Å². The van der Waals surface area contributed by atoms with Crippen molar-refractivity contribution in [2.45, 2.75) is 31.2 Å². The molecule has 3 heteroatoms. The summed E-state index contributed by atoms with van der Waals surface area (Å²) in [4.78, 5) is 1.36. The molecule has 0 saturated carbocycles. The molecule has 0 radical (unpaired) electrons. The van der Waals surface area contributed by atoms with E-state index in [9.17, 15) is 0 Å². The molecule has 1 unspecified atom stereocenters. The van der Waals surface area contributed by atoms with Crippen LogP contribution in [0.3, 0.4) is 0 Å². The highest BCUT2D eigenvalue weighted by atomic mass is 79.9. The Morgan fingerprint density at radius 2 is 2.20 bits per heavy atom. The zero-order valence-electron chi connectivity index (χ0n) is 9.51. The summed E-state index contributed by atoms with van der Waals surface area (Å²) >= 11 is 5.33. The number of hydrogen-bond donors (Lipinski definition) is 1. The van der Waals surface area contributed by atoms with Crippen molar-refractivity contribution >= 4 is 27.7 Å². The minimum atomic E-state index is 0.421. The van der Waals surface area contributed by atoms with Crippen LogP contribution in [-0.4, -0.2) is 12.8 Å². The predicted molar refractivity (Wildman–Crippen MR) is 72.6 cm³/mol. The lowest BCUT2D eigenvalue weighted by molar-refractivity contribution is 0.563. The fourth-order valence-electron chi connectivity index (χ4n) is 1.51. The lowest BCUT2D eigenvalue weighted by atomic mass is 10.1. The van der Waals surface area contributed by atoms with E-state index in [1.807, 2.05) is 0 Å². The van der Waals surface area contributed by atoms with Gasteiger partial charge in [-0.25, -0.2) is 0 Å². The molecule has 84 valence electrons. The lowest BCUT2D eigenvalue weighted by Crippen LogP contribution is -2.19. The van der Waals surface area contributed by atoms with Crippen molar-refractivity contribution in [2.75, 3.05) is 12.8 Å². The molecule has 0 aromatic heterocycles. The SMILES string of the molecule is CCCNC(C)c1cc(Br)ccc1SC. The zero-order chi connectivity index (χ0) is 11.3. The van der Waals surface area contributed by atoms with E-state index in [1.165, 1.54) is 16.9 Å². The van der Waals surface area contributed by atoms with Gasteiger partial charge in [0.05, 0.1) is 0 Å². The summed E-state index contributed by atoms with van der Waals surface area (Å²) in [5.41, 5.74) is 1.38. The largest absolute Gasteiger partial charge is 0.310 e. The van der Waals surface area contributed by atoms with Gasteiger partial charge in [-0.1, -0.05) is 22.9 Å². The van der Waals surface area contributed by atoms with Crippen LogP contribution in [0, 0.1) is 0 Å². The molecule has 15 heavy (non-hydrogen) atoms. The summed E-state index contributed by atoms with van der Waals surface area (Å²) in [6.45, 7) is 5.48. The number of nitrogens with one attached hydrogen (secondary N) is 1. The molecule has 0 saturated heterocycles. The third kappa shape index (κ3) is 3.82. The molecule has 0 spiro atoms. The van der Waals surface area contributed by atoms with Crippen LogP contribution in [0.4, 0.5) is 0 Å². The van der Waals surface area contributed by atoms with Crippen molar-refractivity contribution in [3.63, 3.8) is 0 Å². The highest BCUT2D eigenvalue weighted by molar-refractivity contribution is 9.10. The second kappa shape index (κ2) is 6.56. The molecule has 1 nitrogen and oxygen atoms in total. The van der Waals surface area contributed by atoms with Crippen LogP contribution in [-0.2, 0) is 0 Å². The van der Waals surface area contributed by atoms with E-state index in [0.717, 1.165) is 11.0 Å². The first-order chi connectivity index (χ1) is 7.19. The Hall–Kier alpha value is 0.01000. The average Bonchev–Trinajstić information content (AvgIpc) is 2.25. The van der Waals surface area contributed by atoms with Crippen molar-refractivity contribution in [1.29, 1.82) is 0 Å². The first kappa shape index (κ1) is 13.1. The van der Waals surface area contributed by atoms with Gasteiger partial charge in [0.2, 0.25) is 0 Å². The summed E-state index contributed by atoms with van der Waals surface area (Å²) in [5.74, 6) is 0. The highest BCUT2D eigenvalue weighted by Gasteiger charge is 2.09. The quantitative estimate of drug-likeness (QED) is 0.814. The Balaban J connectivity index is 2.85. The second-order valence-corrected chi connectivity index (χ2v) is 5.33. The maximum Gasteiger partial charge on any atom is 0.0303 e. The van der Waals surface area contributed by atoms with Crippen molar-refractivity contribution < 1.29 is 0 Å². The zero-order valence-corrected chi connectivity index (χ0v) is 11.9. The van der Waals surface area contributed by atoms with Crippen LogP contribution in [0.15, 0.2) is 27.6 Å². The Bertz CT molecular complexity index is 314. The molecule has 0 aliphatic rings. The molecule has 0 aliphatic carbocycles. The monoisotopic (exact) mass is 287 g/mol. The Kier molecular flexibility index (Phi) is 5.72. The normalized spacial score (nSPS) is 12.8. The smallest absolute Gasteiger partial charge is 0.0303 e. The maximum atomic E-state index is 3.52. The van der Waals surface area contributed by atoms with E-state index >= 15 is 0 Å². The molecule has 0 amide bonds. The van der Waals surface area contributed by atoms with Crippen LogP contribution in [0.5, 0.6) is 0 Å². The minimum absolute atomic E-state index is 0.421. The van der Waals surface area contributed by atoms with Gasteiger partial charge in [-0.2, -0.15) is 0 Å². The van der Waals surface area contributed by atoms with Crippen LogP contribution in [0.2, 0.25) is 0 Å². The maximum absolute atomic E-state index is 3.52. The van der Waals surface area contributed by atoms with Gasteiger partial charge in [-0.3, -0.25) is 0 Å². The summed E-state index contributed by atoms with van der Waals surface area (Å²) in [6, 6.07) is 6.90. The first-order valence-electron chi connectivity index (χ1n) is 5.25. The molecule has 1 N–H and O–H groups in total. The fourth-order valence-corrected chi connectivity index (χ4v) is 2.57. The number of thioether (sulfide) groups is 1. The molecule has 1 aromatic carbocycles. The van der Waals surface area contributed by atoms with Crippen LogP contribution >= 0.6 is 27.7 Å². The fraction of sp³-hybridized carbons (Fsp3) is 0.500. The highest BCUT2D eigenvalue weighted by Crippen LogP contribution is 2.28. The molecular weight excluding hydrogens is 270 g/mol. The first-order valence-corrected chi connectivity index (χ1v) is 7.27. The Morgan fingerprint density at radius 1 is 1.47 bits per heavy atom. The van der Waals surface area contributed by atoms with Crippen molar-refractivity contribution in [3.8, 4) is 0 Å². The van der Waals surface area contributed by atoms with Gasteiger partial charge in [0, 0.05) is 15.4 Å². The van der Waals surface area contributed by atoms with Crippen LogP contribution < -0.4 is 5.32 Å². The van der Waals surface area contributed by atoms with E-state index in [2.05, 4.69) is 59.5 Å². The van der Waals surface area contributed by atoms with Gasteiger partial charge in [0.1, 0.15) is 0 Å². The summed E-state index contributed by atoms with van der Waals surface area (Å²) in [5, 5.41) is 3.52. The lowest BCUT2D eigenvalue weighted by Gasteiger charge is -2.17. The number of hydrogen-bond acceptors (Lipinski definition) is 2. The number of rotatable bonds is 5. The minimum Gasteiger partial charge on any atom is -0.310 e. The summed E-state index contributed by atoms with van der Waals surface area (Å²) < 4.78 is 1.15. The van der Waals surface area contributed by atoms with Gasteiger partial charge < -0.3 is 5.32 Å². The van der Waals surface area contributed by atoms with E-state index < -0.39 is 0 Å². The van der Waals surface area contributed by atoms with Crippen LogP contribution in [0.25, 0.3) is 0 Å². The Labute approximate surface area is 105 Å². The summed E-state index contributed by atoms with van der Waals surface area (Å²) in [7, 11) is 0. The molecule has 0 fully saturated rings. The Morgan fingerprint density at radius 3 is 2.80 bits per heavy atom. The third-order valence-electron chi connectivity index (χ3n) is 2.36. The van der Waals surface area contributed by atoms with E-state index in [4.69, 9.17) is 0 Å². The molecule has 0 heterocycles. The predicted octanol–water partition coefficient (Wildman–Crippen LogP) is 4.23. The van der Waals surface area contributed by atoms with Crippen molar-refractivity contribution in [1.82, 2.24) is 5.32 Å². The number of benzene rings is 1. The molecule has 0 aliphatic heterocycles. The average molecular weight is 288 g/mol. The van der Waals surface area contributed by atoms with Gasteiger partial charge in [-0.15, -0.1) is 11.8 Å². The van der Waals surface area contributed by atoms with Gasteiger partial charge in [0.25, 0.3) is 0 Å². The standard InChI is InChI=1S/C12H18BrNS/c1-4-7-14-9(2)11-8-10(13)5-6-12(11)15-3/h5-6,8-9,14H,4,7H2,1-3H3. The molecule has 1 rings (SSSR count). The van der Waals surface area contributed by atoms with Gasteiger partial charge in [0.15, 0.2) is 0 Å².